The topological polar surface area (TPSA) is 93.3 Å². The van der Waals surface area contributed by atoms with E-state index in [-0.39, 0.29) is 24.3 Å². The maximum atomic E-state index is 13.4. The summed E-state index contributed by atoms with van der Waals surface area (Å²) in [6.07, 6.45) is -1.48. The van der Waals surface area contributed by atoms with E-state index < -0.39 is 17.8 Å². The standard InChI is InChI=1S/C25H18F3N3O4/c26-25(27,28)35-18-6-4-17(5-7-18)24(10-13-34-20-2-1-11-29-21(20)24)31-22(32)16-3-8-19-15(14-16)9-12-30-23(19)33/h1-9,11-12,14H,10,13H2,(H,30,33)(H,31,32)/t24-/m0/s1. The maximum Gasteiger partial charge on any atom is 0.573 e. The molecule has 2 aromatic heterocycles. The number of hydrogen-bond acceptors (Lipinski definition) is 5. The highest BCUT2D eigenvalue weighted by molar-refractivity contribution is 5.99. The fraction of sp³-hybridized carbons (Fsp3) is 0.160. The molecule has 0 aliphatic carbocycles. The van der Waals surface area contributed by atoms with Crippen molar-refractivity contribution in [2.45, 2.75) is 18.3 Å². The number of rotatable bonds is 4. The molecule has 1 aliphatic heterocycles. The Morgan fingerprint density at radius 3 is 2.69 bits per heavy atom. The summed E-state index contributed by atoms with van der Waals surface area (Å²) in [6.45, 7) is 0.243. The van der Waals surface area contributed by atoms with E-state index >= 15 is 0 Å². The predicted molar refractivity (Wildman–Crippen MR) is 120 cm³/mol. The third-order valence-electron chi connectivity index (χ3n) is 5.85. The molecule has 1 aliphatic rings. The highest BCUT2D eigenvalue weighted by Gasteiger charge is 2.42. The van der Waals surface area contributed by atoms with E-state index in [0.717, 1.165) is 0 Å². The molecule has 2 N–H and O–H groups in total. The molecule has 2 aromatic carbocycles. The quantitative estimate of drug-likeness (QED) is 0.454. The number of halogens is 3. The van der Waals surface area contributed by atoms with E-state index in [1.807, 2.05) is 0 Å². The molecule has 0 saturated carbocycles. The van der Waals surface area contributed by atoms with Crippen LogP contribution in [0.25, 0.3) is 10.8 Å². The van der Waals surface area contributed by atoms with Gasteiger partial charge in [-0.05, 0) is 59.5 Å². The lowest BCUT2D eigenvalue weighted by Crippen LogP contribution is -2.50. The van der Waals surface area contributed by atoms with E-state index in [9.17, 15) is 22.8 Å². The minimum Gasteiger partial charge on any atom is -0.491 e. The lowest BCUT2D eigenvalue weighted by molar-refractivity contribution is -0.274. The van der Waals surface area contributed by atoms with Crippen LogP contribution in [0, 0.1) is 0 Å². The number of benzene rings is 2. The second-order valence-electron chi connectivity index (χ2n) is 7.99. The lowest BCUT2D eigenvalue weighted by Gasteiger charge is -2.39. The molecule has 0 spiro atoms. The number of hydrogen-bond donors (Lipinski definition) is 2. The SMILES string of the molecule is O=C(N[C@]1(c2ccc(OC(F)(F)F)cc2)CCOc2cccnc21)c1ccc2c(=O)[nH]ccc2c1. The lowest BCUT2D eigenvalue weighted by atomic mass is 9.81. The van der Waals surface area contributed by atoms with Crippen molar-refractivity contribution in [1.82, 2.24) is 15.3 Å². The van der Waals surface area contributed by atoms with E-state index in [1.165, 1.54) is 30.5 Å². The number of aromatic nitrogens is 2. The van der Waals surface area contributed by atoms with Crippen molar-refractivity contribution >= 4 is 16.7 Å². The first-order valence-corrected chi connectivity index (χ1v) is 10.6. The van der Waals surface area contributed by atoms with Gasteiger partial charge in [0, 0.05) is 29.8 Å². The molecule has 0 fully saturated rings. The van der Waals surface area contributed by atoms with Gasteiger partial charge in [-0.15, -0.1) is 13.2 Å². The number of nitrogens with zero attached hydrogens (tertiary/aromatic N) is 1. The molecule has 3 heterocycles. The molecular weight excluding hydrogens is 463 g/mol. The fourth-order valence-corrected chi connectivity index (χ4v) is 4.28. The molecule has 4 aromatic rings. The third kappa shape index (κ3) is 4.30. The van der Waals surface area contributed by atoms with Gasteiger partial charge in [0.25, 0.3) is 11.5 Å². The monoisotopic (exact) mass is 481 g/mol. The Morgan fingerprint density at radius 1 is 1.11 bits per heavy atom. The summed E-state index contributed by atoms with van der Waals surface area (Å²) in [4.78, 5) is 32.5. The Morgan fingerprint density at radius 2 is 1.91 bits per heavy atom. The van der Waals surface area contributed by atoms with E-state index in [0.29, 0.717) is 33.3 Å². The predicted octanol–water partition coefficient (Wildman–Crippen LogP) is 4.28. The molecule has 5 rings (SSSR count). The van der Waals surface area contributed by atoms with Crippen molar-refractivity contribution < 1.29 is 27.4 Å². The summed E-state index contributed by atoms with van der Waals surface area (Å²) in [6, 6.07) is 15.1. The fourth-order valence-electron chi connectivity index (χ4n) is 4.28. The number of ether oxygens (including phenoxy) is 2. The number of H-pyrrole nitrogens is 1. The van der Waals surface area contributed by atoms with Gasteiger partial charge < -0.3 is 19.8 Å². The molecular formula is C25H18F3N3O4. The summed E-state index contributed by atoms with van der Waals surface area (Å²) in [5.41, 5.74) is -0.188. The van der Waals surface area contributed by atoms with Crippen LogP contribution in [0.2, 0.25) is 0 Å². The van der Waals surface area contributed by atoms with Gasteiger partial charge in [-0.1, -0.05) is 12.1 Å². The average molecular weight is 481 g/mol. The van der Waals surface area contributed by atoms with E-state index in [4.69, 9.17) is 4.74 Å². The second-order valence-corrected chi connectivity index (χ2v) is 7.99. The number of pyridine rings is 2. The highest BCUT2D eigenvalue weighted by atomic mass is 19.4. The van der Waals surface area contributed by atoms with Crippen LogP contribution in [0.1, 0.15) is 28.0 Å². The van der Waals surface area contributed by atoms with Gasteiger partial charge in [-0.25, -0.2) is 0 Å². The summed E-state index contributed by atoms with van der Waals surface area (Å²) < 4.78 is 47.6. The van der Waals surface area contributed by atoms with Crippen LogP contribution in [-0.2, 0) is 5.54 Å². The Bertz CT molecular complexity index is 1470. The molecule has 7 nitrogen and oxygen atoms in total. The number of carbonyl (C=O) groups is 1. The van der Waals surface area contributed by atoms with Crippen molar-refractivity contribution in [2.24, 2.45) is 0 Å². The first kappa shape index (κ1) is 22.5. The van der Waals surface area contributed by atoms with E-state index in [1.54, 1.807) is 42.6 Å². The van der Waals surface area contributed by atoms with Crippen molar-refractivity contribution in [1.29, 1.82) is 0 Å². The smallest absolute Gasteiger partial charge is 0.491 e. The number of carbonyl (C=O) groups excluding carboxylic acids is 1. The number of aromatic amines is 1. The molecule has 1 amide bonds. The number of fused-ring (bicyclic) bond motifs is 2. The van der Waals surface area contributed by atoms with Crippen molar-refractivity contribution in [3.63, 3.8) is 0 Å². The summed E-state index contributed by atoms with van der Waals surface area (Å²) in [5.74, 6) is -0.364. The van der Waals surface area contributed by atoms with Crippen molar-refractivity contribution in [3.8, 4) is 11.5 Å². The number of amides is 1. The molecule has 0 radical (unpaired) electrons. The van der Waals surface area contributed by atoms with Crippen LogP contribution < -0.4 is 20.3 Å². The van der Waals surface area contributed by atoms with E-state index in [2.05, 4.69) is 20.0 Å². The molecule has 178 valence electrons. The second kappa shape index (κ2) is 8.46. The first-order valence-electron chi connectivity index (χ1n) is 10.6. The Labute approximate surface area is 196 Å². The van der Waals surface area contributed by atoms with Crippen LogP contribution in [0.3, 0.4) is 0 Å². The number of nitrogens with one attached hydrogen (secondary N) is 2. The molecule has 0 bridgehead atoms. The van der Waals surface area contributed by atoms with Crippen LogP contribution in [0.15, 0.2) is 77.9 Å². The third-order valence-corrected chi connectivity index (χ3v) is 5.85. The van der Waals surface area contributed by atoms with Crippen LogP contribution >= 0.6 is 0 Å². The molecule has 35 heavy (non-hydrogen) atoms. The first-order chi connectivity index (χ1) is 16.7. The molecule has 0 unspecified atom stereocenters. The van der Waals surface area contributed by atoms with Gasteiger partial charge in [0.15, 0.2) is 0 Å². The summed E-state index contributed by atoms with van der Waals surface area (Å²) >= 11 is 0. The highest BCUT2D eigenvalue weighted by Crippen LogP contribution is 2.41. The Hall–Kier alpha value is -4.34. The maximum absolute atomic E-state index is 13.4. The van der Waals surface area contributed by atoms with Crippen LogP contribution in [0.5, 0.6) is 11.5 Å². The van der Waals surface area contributed by atoms with Gasteiger partial charge in [0.1, 0.15) is 22.7 Å². The van der Waals surface area contributed by atoms with Gasteiger partial charge in [-0.2, -0.15) is 0 Å². The molecule has 1 atom stereocenters. The van der Waals surface area contributed by atoms with Crippen molar-refractivity contribution in [3.05, 3.63) is 100 Å². The Kier molecular flexibility index (Phi) is 5.43. The van der Waals surface area contributed by atoms with Crippen LogP contribution in [0.4, 0.5) is 13.2 Å². The zero-order chi connectivity index (χ0) is 24.6. The summed E-state index contributed by atoms with van der Waals surface area (Å²) in [5, 5.41) is 4.07. The molecule has 10 heteroatoms. The normalized spacial score (nSPS) is 17.3. The zero-order valence-corrected chi connectivity index (χ0v) is 18.1. The van der Waals surface area contributed by atoms with Gasteiger partial charge >= 0.3 is 6.36 Å². The minimum atomic E-state index is -4.82. The van der Waals surface area contributed by atoms with Crippen LogP contribution in [-0.4, -0.2) is 28.8 Å². The minimum absolute atomic E-state index is 0.243. The number of alkyl halides is 3. The largest absolute Gasteiger partial charge is 0.573 e. The van der Waals surface area contributed by atoms with Gasteiger partial charge in [0.05, 0.1) is 6.61 Å². The summed E-state index contributed by atoms with van der Waals surface area (Å²) in [7, 11) is 0. The Balaban J connectivity index is 1.57. The average Bonchev–Trinajstić information content (AvgIpc) is 2.83. The van der Waals surface area contributed by atoms with Crippen molar-refractivity contribution in [2.75, 3.05) is 6.61 Å². The van der Waals surface area contributed by atoms with Gasteiger partial charge in [0.2, 0.25) is 0 Å². The van der Waals surface area contributed by atoms with Gasteiger partial charge in [-0.3, -0.25) is 14.6 Å². The zero-order valence-electron chi connectivity index (χ0n) is 18.1. The molecule has 0 saturated heterocycles.